The van der Waals surface area contributed by atoms with Crippen LogP contribution in [0.15, 0.2) is 24.4 Å². The molecule has 5 rings (SSSR count). The van der Waals surface area contributed by atoms with Gasteiger partial charge in [0.1, 0.15) is 5.82 Å². The number of aromatic amines is 1. The normalized spacial score (nSPS) is 19.5. The lowest BCUT2D eigenvalue weighted by atomic mass is 9.95. The highest BCUT2D eigenvalue weighted by Gasteiger charge is 2.30. The van der Waals surface area contributed by atoms with Crippen LogP contribution in [-0.2, 0) is 13.6 Å². The van der Waals surface area contributed by atoms with Crippen molar-refractivity contribution in [1.29, 1.82) is 0 Å². The van der Waals surface area contributed by atoms with Gasteiger partial charge in [-0.15, -0.1) is 0 Å². The van der Waals surface area contributed by atoms with Crippen molar-refractivity contribution in [1.82, 2.24) is 24.6 Å². The molecule has 2 aliphatic rings. The third-order valence-electron chi connectivity index (χ3n) is 6.13. The second-order valence-corrected chi connectivity index (χ2v) is 8.10. The maximum atomic E-state index is 4.91. The Balaban J connectivity index is 1.26. The van der Waals surface area contributed by atoms with Gasteiger partial charge >= 0.3 is 0 Å². The lowest BCUT2D eigenvalue weighted by Crippen LogP contribution is -2.33. The van der Waals surface area contributed by atoms with Crippen LogP contribution in [0.4, 0.5) is 0 Å². The van der Waals surface area contributed by atoms with Gasteiger partial charge in [-0.2, -0.15) is 5.10 Å². The van der Waals surface area contributed by atoms with E-state index in [4.69, 9.17) is 4.98 Å². The number of nitrogens with zero attached hydrogens (tertiary/aromatic N) is 4. The van der Waals surface area contributed by atoms with Crippen molar-refractivity contribution in [3.05, 3.63) is 47.0 Å². The van der Waals surface area contributed by atoms with Crippen LogP contribution in [-0.4, -0.2) is 37.7 Å². The Morgan fingerprint density at radius 3 is 2.65 bits per heavy atom. The molecule has 1 aliphatic carbocycles. The summed E-state index contributed by atoms with van der Waals surface area (Å²) in [4.78, 5) is 11.1. The van der Waals surface area contributed by atoms with E-state index in [1.807, 2.05) is 0 Å². The summed E-state index contributed by atoms with van der Waals surface area (Å²) in [5.41, 5.74) is 6.47. The molecule has 1 aliphatic heterocycles. The number of aromatic nitrogens is 4. The summed E-state index contributed by atoms with van der Waals surface area (Å²) in [5.74, 6) is 2.48. The van der Waals surface area contributed by atoms with Gasteiger partial charge in [0, 0.05) is 36.7 Å². The van der Waals surface area contributed by atoms with Gasteiger partial charge in [0.25, 0.3) is 0 Å². The zero-order valence-corrected chi connectivity index (χ0v) is 15.7. The first-order valence-corrected chi connectivity index (χ1v) is 9.87. The number of hydrogen-bond acceptors (Lipinski definition) is 3. The van der Waals surface area contributed by atoms with Gasteiger partial charge in [0.2, 0.25) is 0 Å². The van der Waals surface area contributed by atoms with Crippen molar-refractivity contribution in [2.45, 2.75) is 51.0 Å². The average molecular weight is 349 g/mol. The van der Waals surface area contributed by atoms with Crippen molar-refractivity contribution < 1.29 is 0 Å². The summed E-state index contributed by atoms with van der Waals surface area (Å²) < 4.78 is 2.09. The van der Waals surface area contributed by atoms with Crippen LogP contribution in [0.2, 0.25) is 0 Å². The minimum Gasteiger partial charge on any atom is -0.342 e. The minimum atomic E-state index is 0.551. The SMILES string of the molecule is Cc1cccc2[nH]c(C3CCN(Cc4cnn(C)c4C4CC4)CC3)nc12. The fourth-order valence-corrected chi connectivity index (χ4v) is 4.49. The number of rotatable bonds is 4. The second-order valence-electron chi connectivity index (χ2n) is 8.10. The van der Waals surface area contributed by atoms with Gasteiger partial charge in [-0.1, -0.05) is 12.1 Å². The Morgan fingerprint density at radius 1 is 1.12 bits per heavy atom. The Kier molecular flexibility index (Phi) is 3.85. The van der Waals surface area contributed by atoms with Crippen molar-refractivity contribution in [2.75, 3.05) is 13.1 Å². The molecule has 2 fully saturated rings. The third kappa shape index (κ3) is 2.84. The molecule has 3 heterocycles. The fourth-order valence-electron chi connectivity index (χ4n) is 4.49. The van der Waals surface area contributed by atoms with Crippen LogP contribution < -0.4 is 0 Å². The highest BCUT2D eigenvalue weighted by Crippen LogP contribution is 2.41. The molecule has 1 saturated carbocycles. The Bertz CT molecular complexity index is 925. The van der Waals surface area contributed by atoms with E-state index < -0.39 is 0 Å². The van der Waals surface area contributed by atoms with E-state index in [9.17, 15) is 0 Å². The summed E-state index contributed by atoms with van der Waals surface area (Å²) in [6.07, 6.45) is 7.11. The van der Waals surface area contributed by atoms with Gasteiger partial charge in [-0.3, -0.25) is 9.58 Å². The highest BCUT2D eigenvalue weighted by molar-refractivity contribution is 5.78. The van der Waals surface area contributed by atoms with Gasteiger partial charge in [0.15, 0.2) is 0 Å². The number of para-hydroxylation sites is 1. The lowest BCUT2D eigenvalue weighted by Gasteiger charge is -2.31. The van der Waals surface area contributed by atoms with Crippen molar-refractivity contribution in [2.24, 2.45) is 7.05 Å². The number of likely N-dealkylation sites (tertiary alicyclic amines) is 1. The predicted octanol–water partition coefficient (Wildman–Crippen LogP) is 3.86. The summed E-state index contributed by atoms with van der Waals surface area (Å²) in [6.45, 7) is 5.46. The van der Waals surface area contributed by atoms with Gasteiger partial charge < -0.3 is 4.98 Å². The molecule has 2 aromatic heterocycles. The standard InChI is InChI=1S/C21H27N5/c1-14-4-3-5-18-19(14)24-21(23-18)16-8-10-26(11-9-16)13-17-12-22-25(2)20(17)15-6-7-15/h3-5,12,15-16H,6-11,13H2,1-2H3,(H,23,24). The quantitative estimate of drug-likeness (QED) is 0.778. The van der Waals surface area contributed by atoms with Crippen LogP contribution in [0.3, 0.4) is 0 Å². The molecule has 136 valence electrons. The van der Waals surface area contributed by atoms with Crippen molar-refractivity contribution in [3.8, 4) is 0 Å². The van der Waals surface area contributed by atoms with E-state index >= 15 is 0 Å². The average Bonchev–Trinajstić information content (AvgIpc) is 3.26. The third-order valence-corrected chi connectivity index (χ3v) is 6.13. The van der Waals surface area contributed by atoms with E-state index in [1.165, 1.54) is 53.8 Å². The number of aryl methyl sites for hydroxylation is 2. The molecular weight excluding hydrogens is 322 g/mol. The molecule has 0 amide bonds. The van der Waals surface area contributed by atoms with E-state index in [2.05, 4.69) is 58.0 Å². The number of fused-ring (bicyclic) bond motifs is 1. The zero-order chi connectivity index (χ0) is 17.7. The smallest absolute Gasteiger partial charge is 0.110 e. The zero-order valence-electron chi connectivity index (χ0n) is 15.7. The number of piperidine rings is 1. The Morgan fingerprint density at radius 2 is 1.92 bits per heavy atom. The maximum absolute atomic E-state index is 4.91. The molecule has 5 nitrogen and oxygen atoms in total. The molecule has 0 spiro atoms. The first-order chi connectivity index (χ1) is 12.7. The topological polar surface area (TPSA) is 49.7 Å². The fraction of sp³-hybridized carbons (Fsp3) is 0.524. The summed E-state index contributed by atoms with van der Waals surface area (Å²) >= 11 is 0. The number of H-pyrrole nitrogens is 1. The Hall–Kier alpha value is -2.14. The lowest BCUT2D eigenvalue weighted by molar-refractivity contribution is 0.201. The van der Waals surface area contributed by atoms with E-state index in [0.717, 1.165) is 31.1 Å². The first-order valence-electron chi connectivity index (χ1n) is 9.87. The predicted molar refractivity (Wildman–Crippen MR) is 103 cm³/mol. The number of benzene rings is 1. The van der Waals surface area contributed by atoms with Crippen molar-refractivity contribution in [3.63, 3.8) is 0 Å². The Labute approximate surface area is 154 Å². The number of hydrogen-bond donors (Lipinski definition) is 1. The molecule has 26 heavy (non-hydrogen) atoms. The molecule has 0 atom stereocenters. The monoisotopic (exact) mass is 349 g/mol. The van der Waals surface area contributed by atoms with Crippen LogP contribution in [0.5, 0.6) is 0 Å². The van der Waals surface area contributed by atoms with Gasteiger partial charge in [0.05, 0.1) is 17.2 Å². The van der Waals surface area contributed by atoms with E-state index in [-0.39, 0.29) is 0 Å². The van der Waals surface area contributed by atoms with Gasteiger partial charge in [-0.25, -0.2) is 4.98 Å². The molecule has 1 saturated heterocycles. The molecule has 3 aromatic rings. The highest BCUT2D eigenvalue weighted by atomic mass is 15.3. The molecule has 1 aromatic carbocycles. The molecule has 0 unspecified atom stereocenters. The summed E-state index contributed by atoms with van der Waals surface area (Å²) in [7, 11) is 2.09. The minimum absolute atomic E-state index is 0.551. The van der Waals surface area contributed by atoms with E-state index in [0.29, 0.717) is 5.92 Å². The van der Waals surface area contributed by atoms with Crippen LogP contribution in [0.25, 0.3) is 11.0 Å². The van der Waals surface area contributed by atoms with Crippen LogP contribution in [0.1, 0.15) is 60.2 Å². The molecule has 0 radical (unpaired) electrons. The van der Waals surface area contributed by atoms with E-state index in [1.54, 1.807) is 0 Å². The summed E-state index contributed by atoms with van der Waals surface area (Å²) in [5, 5.41) is 4.51. The number of nitrogens with one attached hydrogen (secondary N) is 1. The van der Waals surface area contributed by atoms with Crippen molar-refractivity contribution >= 4 is 11.0 Å². The van der Waals surface area contributed by atoms with Crippen LogP contribution in [0, 0.1) is 6.92 Å². The molecule has 5 heteroatoms. The van der Waals surface area contributed by atoms with Gasteiger partial charge in [-0.05, 0) is 57.3 Å². The molecule has 1 N–H and O–H groups in total. The molecular formula is C21H27N5. The largest absolute Gasteiger partial charge is 0.342 e. The molecule has 0 bridgehead atoms. The van der Waals surface area contributed by atoms with Crippen LogP contribution >= 0.6 is 0 Å². The maximum Gasteiger partial charge on any atom is 0.110 e. The second kappa shape index (κ2) is 6.23. The number of imidazole rings is 1. The first kappa shape index (κ1) is 16.1. The summed E-state index contributed by atoms with van der Waals surface area (Å²) in [6, 6.07) is 6.38.